The molecule has 5 nitrogen and oxygen atoms in total. The molecule has 1 aliphatic rings. The number of hydrogen-bond acceptors (Lipinski definition) is 2. The summed E-state index contributed by atoms with van der Waals surface area (Å²) in [5, 5.41) is 11.4. The van der Waals surface area contributed by atoms with Gasteiger partial charge in [0.1, 0.15) is 11.9 Å². The first-order chi connectivity index (χ1) is 9.00. The van der Waals surface area contributed by atoms with E-state index in [-0.39, 0.29) is 5.69 Å². The predicted molar refractivity (Wildman–Crippen MR) is 70.5 cm³/mol. The molecule has 1 heterocycles. The van der Waals surface area contributed by atoms with Gasteiger partial charge in [-0.1, -0.05) is 6.07 Å². The molecule has 0 unspecified atom stereocenters. The summed E-state index contributed by atoms with van der Waals surface area (Å²) in [5.41, 5.74) is 0.0172. The fourth-order valence-corrected chi connectivity index (χ4v) is 2.50. The molecule has 2 amide bonds. The smallest absolute Gasteiger partial charge is 0.326 e. The number of carbonyl (C=O) groups is 2. The van der Waals surface area contributed by atoms with Crippen molar-refractivity contribution in [1.82, 2.24) is 4.90 Å². The molecule has 0 saturated carbocycles. The summed E-state index contributed by atoms with van der Waals surface area (Å²) in [7, 11) is 0. The summed E-state index contributed by atoms with van der Waals surface area (Å²) < 4.78 is 14.0. The number of para-hydroxylation sites is 1. The van der Waals surface area contributed by atoms with Crippen LogP contribution in [0.3, 0.4) is 0 Å². The van der Waals surface area contributed by atoms with Crippen LogP contribution in [-0.2, 0) is 4.79 Å². The summed E-state index contributed by atoms with van der Waals surface area (Å²) in [5.74, 6) is -1.62. The highest BCUT2D eigenvalue weighted by Gasteiger charge is 2.34. The van der Waals surface area contributed by atoms with Gasteiger partial charge >= 0.3 is 12.0 Å². The zero-order valence-corrected chi connectivity index (χ0v) is 11.5. The molecule has 19 heavy (non-hydrogen) atoms. The maximum Gasteiger partial charge on any atom is 0.326 e. The van der Waals surface area contributed by atoms with E-state index < -0.39 is 23.9 Å². The van der Waals surface area contributed by atoms with Crippen molar-refractivity contribution >= 4 is 33.6 Å². The van der Waals surface area contributed by atoms with Gasteiger partial charge in [0, 0.05) is 11.0 Å². The predicted octanol–water partition coefficient (Wildman–Crippen LogP) is 2.67. The molecule has 1 atom stereocenters. The minimum Gasteiger partial charge on any atom is -0.480 e. The molecular formula is C12H12BrFN2O3. The summed E-state index contributed by atoms with van der Waals surface area (Å²) in [6.45, 7) is 0.356. The zero-order valence-electron chi connectivity index (χ0n) is 9.90. The average Bonchev–Trinajstić information content (AvgIpc) is 2.83. The topological polar surface area (TPSA) is 69.6 Å². The maximum atomic E-state index is 13.6. The van der Waals surface area contributed by atoms with E-state index in [4.69, 9.17) is 5.11 Å². The van der Waals surface area contributed by atoms with Crippen LogP contribution in [0.1, 0.15) is 12.8 Å². The number of rotatable bonds is 2. The van der Waals surface area contributed by atoms with Gasteiger partial charge in [0.2, 0.25) is 0 Å². The largest absolute Gasteiger partial charge is 0.480 e. The molecule has 1 aliphatic heterocycles. The van der Waals surface area contributed by atoms with E-state index in [9.17, 15) is 14.0 Å². The molecule has 0 radical (unpaired) electrons. The lowest BCUT2D eigenvalue weighted by atomic mass is 10.2. The Bertz CT molecular complexity index is 503. The first kappa shape index (κ1) is 13.8. The summed E-state index contributed by atoms with van der Waals surface area (Å²) in [4.78, 5) is 24.2. The van der Waals surface area contributed by atoms with E-state index in [1.807, 2.05) is 0 Å². The third kappa shape index (κ3) is 2.86. The number of carboxylic acid groups (broad SMARTS) is 1. The van der Waals surface area contributed by atoms with Crippen LogP contribution >= 0.6 is 15.9 Å². The maximum absolute atomic E-state index is 13.6. The summed E-state index contributed by atoms with van der Waals surface area (Å²) in [6, 6.07) is 2.88. The van der Waals surface area contributed by atoms with Crippen LogP contribution in [0, 0.1) is 5.82 Å². The van der Waals surface area contributed by atoms with Gasteiger partial charge in [-0.05, 0) is 40.9 Å². The number of carboxylic acids is 1. The summed E-state index contributed by atoms with van der Waals surface area (Å²) in [6.07, 6.45) is 1.05. The molecular weight excluding hydrogens is 319 g/mol. The Morgan fingerprint density at radius 3 is 2.84 bits per heavy atom. The number of amides is 2. The number of aliphatic carboxylic acids is 1. The molecule has 0 spiro atoms. The van der Waals surface area contributed by atoms with Crippen LogP contribution in [0.15, 0.2) is 22.7 Å². The van der Waals surface area contributed by atoms with Crippen molar-refractivity contribution in [3.05, 3.63) is 28.5 Å². The Kier molecular flexibility index (Phi) is 4.04. The Morgan fingerprint density at radius 2 is 2.21 bits per heavy atom. The van der Waals surface area contributed by atoms with E-state index in [0.717, 1.165) is 0 Å². The second kappa shape index (κ2) is 5.56. The van der Waals surface area contributed by atoms with Crippen molar-refractivity contribution in [3.8, 4) is 0 Å². The lowest BCUT2D eigenvalue weighted by Gasteiger charge is -2.22. The molecule has 102 valence electrons. The number of hydrogen-bond donors (Lipinski definition) is 2. The SMILES string of the molecule is O=C(O)[C@@H]1CCCN1C(=O)Nc1c(F)cccc1Br. The number of carbonyl (C=O) groups excluding carboxylic acids is 1. The van der Waals surface area contributed by atoms with Crippen LogP contribution in [0.25, 0.3) is 0 Å². The highest BCUT2D eigenvalue weighted by molar-refractivity contribution is 9.10. The normalized spacial score (nSPS) is 18.4. The Labute approximate surface area is 117 Å². The quantitative estimate of drug-likeness (QED) is 0.875. The Hall–Kier alpha value is -1.63. The van der Waals surface area contributed by atoms with Gasteiger partial charge in [-0.25, -0.2) is 14.0 Å². The number of nitrogens with one attached hydrogen (secondary N) is 1. The molecule has 0 aliphatic carbocycles. The second-order valence-electron chi connectivity index (χ2n) is 4.22. The van der Waals surface area contributed by atoms with Crippen molar-refractivity contribution in [3.63, 3.8) is 0 Å². The van der Waals surface area contributed by atoms with Gasteiger partial charge in [-0.15, -0.1) is 0 Å². The van der Waals surface area contributed by atoms with Crippen LogP contribution in [0.5, 0.6) is 0 Å². The molecule has 2 N–H and O–H groups in total. The zero-order chi connectivity index (χ0) is 14.0. The van der Waals surface area contributed by atoms with Crippen molar-refractivity contribution in [2.45, 2.75) is 18.9 Å². The minimum absolute atomic E-state index is 0.0172. The molecule has 0 aromatic heterocycles. The van der Waals surface area contributed by atoms with E-state index in [1.165, 1.54) is 17.0 Å². The molecule has 7 heteroatoms. The third-order valence-corrected chi connectivity index (χ3v) is 3.65. The van der Waals surface area contributed by atoms with Gasteiger partial charge in [-0.2, -0.15) is 0 Å². The Balaban J connectivity index is 2.15. The number of anilines is 1. The number of halogens is 2. The molecule has 1 aromatic carbocycles. The standard InChI is InChI=1S/C12H12BrFN2O3/c13-7-3-1-4-8(14)10(7)15-12(19)16-6-2-5-9(16)11(17)18/h1,3-4,9H,2,5-6H2,(H,15,19)(H,17,18)/t9-/m0/s1. The van der Waals surface area contributed by atoms with Crippen molar-refractivity contribution in [1.29, 1.82) is 0 Å². The minimum atomic E-state index is -1.04. The van der Waals surface area contributed by atoms with E-state index in [1.54, 1.807) is 6.07 Å². The lowest BCUT2D eigenvalue weighted by molar-refractivity contribution is -0.141. The number of likely N-dealkylation sites (tertiary alicyclic amines) is 1. The first-order valence-corrected chi connectivity index (χ1v) is 6.54. The Morgan fingerprint density at radius 1 is 1.47 bits per heavy atom. The number of urea groups is 1. The van der Waals surface area contributed by atoms with E-state index in [0.29, 0.717) is 23.9 Å². The molecule has 1 saturated heterocycles. The van der Waals surface area contributed by atoms with Gasteiger partial charge in [0.25, 0.3) is 0 Å². The highest BCUT2D eigenvalue weighted by Crippen LogP contribution is 2.26. The highest BCUT2D eigenvalue weighted by atomic mass is 79.9. The average molecular weight is 331 g/mol. The second-order valence-corrected chi connectivity index (χ2v) is 5.07. The lowest BCUT2D eigenvalue weighted by Crippen LogP contribution is -2.42. The van der Waals surface area contributed by atoms with Gasteiger partial charge in [-0.3, -0.25) is 0 Å². The first-order valence-electron chi connectivity index (χ1n) is 5.75. The third-order valence-electron chi connectivity index (χ3n) is 2.99. The molecule has 2 rings (SSSR count). The number of benzene rings is 1. The fraction of sp³-hybridized carbons (Fsp3) is 0.333. The van der Waals surface area contributed by atoms with Crippen LogP contribution in [0.2, 0.25) is 0 Å². The van der Waals surface area contributed by atoms with E-state index >= 15 is 0 Å². The van der Waals surface area contributed by atoms with Crippen LogP contribution < -0.4 is 5.32 Å². The van der Waals surface area contributed by atoms with Gasteiger partial charge in [0.15, 0.2) is 0 Å². The van der Waals surface area contributed by atoms with Crippen LogP contribution in [-0.4, -0.2) is 34.6 Å². The monoisotopic (exact) mass is 330 g/mol. The molecule has 1 fully saturated rings. The van der Waals surface area contributed by atoms with Crippen molar-refractivity contribution in [2.24, 2.45) is 0 Å². The summed E-state index contributed by atoms with van der Waals surface area (Å²) >= 11 is 3.14. The van der Waals surface area contributed by atoms with Gasteiger partial charge in [0.05, 0.1) is 5.69 Å². The van der Waals surface area contributed by atoms with Crippen LogP contribution in [0.4, 0.5) is 14.9 Å². The fourth-order valence-electron chi connectivity index (χ4n) is 2.06. The number of nitrogens with zero attached hydrogens (tertiary/aromatic N) is 1. The van der Waals surface area contributed by atoms with E-state index in [2.05, 4.69) is 21.2 Å². The van der Waals surface area contributed by atoms with Crippen molar-refractivity contribution in [2.75, 3.05) is 11.9 Å². The molecule has 1 aromatic rings. The van der Waals surface area contributed by atoms with Gasteiger partial charge < -0.3 is 15.3 Å². The van der Waals surface area contributed by atoms with Crippen molar-refractivity contribution < 1.29 is 19.1 Å². The molecule has 0 bridgehead atoms.